The summed E-state index contributed by atoms with van der Waals surface area (Å²) < 4.78 is 32.7. The topological polar surface area (TPSA) is 46.6 Å². The molecule has 1 aliphatic heterocycles. The monoisotopic (exact) mass is 343 g/mol. The highest BCUT2D eigenvalue weighted by molar-refractivity contribution is 7.89. The van der Waals surface area contributed by atoms with Crippen LogP contribution in [-0.2, 0) is 10.0 Å². The molecule has 0 amide bonds. The van der Waals surface area contributed by atoms with Gasteiger partial charge in [-0.15, -0.1) is 0 Å². The van der Waals surface area contributed by atoms with Gasteiger partial charge in [0, 0.05) is 18.3 Å². The number of rotatable bonds is 7. The van der Waals surface area contributed by atoms with Crippen LogP contribution in [0.5, 0.6) is 5.75 Å². The molecule has 0 radical (unpaired) electrons. The molecule has 1 atom stereocenters. The molecule has 4 nitrogen and oxygen atoms in total. The predicted molar refractivity (Wildman–Crippen MR) is 92.2 cm³/mol. The molecule has 1 aromatic rings. The van der Waals surface area contributed by atoms with E-state index in [1.807, 2.05) is 0 Å². The van der Waals surface area contributed by atoms with Crippen LogP contribution in [0.1, 0.15) is 39.0 Å². The molecule has 0 aliphatic carbocycles. The molecular formula is C16H25NO3S2. The molecule has 1 aliphatic rings. The van der Waals surface area contributed by atoms with Crippen LogP contribution in [0.2, 0.25) is 0 Å². The zero-order valence-electron chi connectivity index (χ0n) is 13.1. The van der Waals surface area contributed by atoms with Crippen molar-refractivity contribution < 1.29 is 13.2 Å². The molecule has 124 valence electrons. The van der Waals surface area contributed by atoms with Crippen LogP contribution in [0, 0.1) is 0 Å². The Morgan fingerprint density at radius 3 is 2.64 bits per heavy atom. The average molecular weight is 344 g/mol. The molecule has 0 saturated carbocycles. The van der Waals surface area contributed by atoms with Crippen molar-refractivity contribution in [1.82, 2.24) is 4.31 Å². The smallest absolute Gasteiger partial charge is 0.243 e. The average Bonchev–Trinajstić information content (AvgIpc) is 2.55. The molecule has 1 heterocycles. The molecule has 1 saturated heterocycles. The van der Waals surface area contributed by atoms with E-state index >= 15 is 0 Å². The number of unbranched alkanes of at least 4 members (excludes halogenated alkanes) is 1. The molecule has 1 fully saturated rings. The second kappa shape index (κ2) is 8.22. The van der Waals surface area contributed by atoms with Gasteiger partial charge in [0.2, 0.25) is 10.0 Å². The Hall–Kier alpha value is -0.720. The SMILES string of the molecule is CCCCOc1ccc(S(=O)(=O)N2CCCC[C@H]2CS)cc1. The van der Waals surface area contributed by atoms with Crippen molar-refractivity contribution >= 4 is 22.7 Å². The van der Waals surface area contributed by atoms with Crippen LogP contribution < -0.4 is 4.74 Å². The quantitative estimate of drug-likeness (QED) is 0.610. The first-order valence-electron chi connectivity index (χ1n) is 7.95. The first kappa shape index (κ1) is 17.6. The summed E-state index contributed by atoms with van der Waals surface area (Å²) in [6.45, 7) is 3.36. The number of sulfonamides is 1. The summed E-state index contributed by atoms with van der Waals surface area (Å²) in [5.41, 5.74) is 0. The second-order valence-electron chi connectivity index (χ2n) is 5.62. The van der Waals surface area contributed by atoms with Crippen LogP contribution in [0.3, 0.4) is 0 Å². The van der Waals surface area contributed by atoms with Gasteiger partial charge in [-0.05, 0) is 43.5 Å². The van der Waals surface area contributed by atoms with Crippen LogP contribution in [0.15, 0.2) is 29.2 Å². The van der Waals surface area contributed by atoms with Crippen LogP contribution in [-0.4, -0.2) is 37.7 Å². The maximum atomic E-state index is 12.8. The lowest BCUT2D eigenvalue weighted by Gasteiger charge is -2.33. The molecule has 1 aromatic carbocycles. The number of hydrogen-bond donors (Lipinski definition) is 1. The molecule has 0 spiro atoms. The van der Waals surface area contributed by atoms with Gasteiger partial charge in [0.1, 0.15) is 5.75 Å². The minimum atomic E-state index is -3.44. The highest BCUT2D eigenvalue weighted by atomic mass is 32.2. The van der Waals surface area contributed by atoms with Crippen molar-refractivity contribution in [1.29, 1.82) is 0 Å². The molecule has 6 heteroatoms. The zero-order chi connectivity index (χ0) is 16.0. The fraction of sp³-hybridized carbons (Fsp3) is 0.625. The Morgan fingerprint density at radius 2 is 2.00 bits per heavy atom. The van der Waals surface area contributed by atoms with E-state index in [-0.39, 0.29) is 6.04 Å². The van der Waals surface area contributed by atoms with E-state index < -0.39 is 10.0 Å². The van der Waals surface area contributed by atoms with E-state index in [9.17, 15) is 8.42 Å². The molecule has 22 heavy (non-hydrogen) atoms. The number of thiol groups is 1. The number of hydrogen-bond acceptors (Lipinski definition) is 4. The van der Waals surface area contributed by atoms with Gasteiger partial charge in [-0.25, -0.2) is 8.42 Å². The molecule has 0 N–H and O–H groups in total. The summed E-state index contributed by atoms with van der Waals surface area (Å²) in [6.07, 6.45) is 4.95. The van der Waals surface area contributed by atoms with Crippen LogP contribution in [0.25, 0.3) is 0 Å². The van der Waals surface area contributed by atoms with Crippen molar-refractivity contribution in [2.45, 2.75) is 50.0 Å². The number of ether oxygens (including phenoxy) is 1. The Morgan fingerprint density at radius 1 is 1.27 bits per heavy atom. The van der Waals surface area contributed by atoms with Crippen molar-refractivity contribution in [2.24, 2.45) is 0 Å². The lowest BCUT2D eigenvalue weighted by Crippen LogP contribution is -2.44. The third kappa shape index (κ3) is 4.18. The maximum absolute atomic E-state index is 12.8. The Bertz CT molecular complexity index is 557. The van der Waals surface area contributed by atoms with E-state index in [2.05, 4.69) is 19.6 Å². The van der Waals surface area contributed by atoms with E-state index in [1.54, 1.807) is 28.6 Å². The fourth-order valence-corrected chi connectivity index (χ4v) is 4.83. The minimum absolute atomic E-state index is 0.00237. The van der Waals surface area contributed by atoms with E-state index in [0.717, 1.165) is 37.9 Å². The summed E-state index contributed by atoms with van der Waals surface area (Å²) in [5.74, 6) is 1.29. The third-order valence-electron chi connectivity index (χ3n) is 3.98. The highest BCUT2D eigenvalue weighted by Gasteiger charge is 2.32. The van der Waals surface area contributed by atoms with Crippen LogP contribution >= 0.6 is 12.6 Å². The van der Waals surface area contributed by atoms with Crippen molar-refractivity contribution in [3.8, 4) is 5.75 Å². The molecule has 0 unspecified atom stereocenters. The summed E-state index contributed by atoms with van der Waals surface area (Å²) >= 11 is 4.30. The van der Waals surface area contributed by atoms with Crippen LogP contribution in [0.4, 0.5) is 0 Å². The van der Waals surface area contributed by atoms with Crippen molar-refractivity contribution in [2.75, 3.05) is 18.9 Å². The molecule has 0 bridgehead atoms. The summed E-state index contributed by atoms with van der Waals surface area (Å²) in [7, 11) is -3.44. The minimum Gasteiger partial charge on any atom is -0.494 e. The number of piperidine rings is 1. The van der Waals surface area contributed by atoms with E-state index in [4.69, 9.17) is 4.74 Å². The normalized spacial score (nSPS) is 20.0. The second-order valence-corrected chi connectivity index (χ2v) is 7.88. The highest BCUT2D eigenvalue weighted by Crippen LogP contribution is 2.27. The molecule has 0 aromatic heterocycles. The largest absolute Gasteiger partial charge is 0.494 e. The first-order chi connectivity index (χ1) is 10.6. The van der Waals surface area contributed by atoms with E-state index in [1.165, 1.54) is 0 Å². The van der Waals surface area contributed by atoms with Gasteiger partial charge >= 0.3 is 0 Å². The van der Waals surface area contributed by atoms with Gasteiger partial charge < -0.3 is 4.74 Å². The Kier molecular flexibility index (Phi) is 6.59. The van der Waals surface area contributed by atoms with E-state index in [0.29, 0.717) is 23.8 Å². The number of nitrogens with zero attached hydrogens (tertiary/aromatic N) is 1. The lowest BCUT2D eigenvalue weighted by molar-refractivity contribution is 0.273. The first-order valence-corrected chi connectivity index (χ1v) is 10.0. The van der Waals surface area contributed by atoms with Gasteiger partial charge in [0.15, 0.2) is 0 Å². The summed E-state index contributed by atoms with van der Waals surface area (Å²) in [6, 6.07) is 6.76. The zero-order valence-corrected chi connectivity index (χ0v) is 14.8. The van der Waals surface area contributed by atoms with Gasteiger partial charge in [-0.1, -0.05) is 19.8 Å². The van der Waals surface area contributed by atoms with Crippen molar-refractivity contribution in [3.63, 3.8) is 0 Å². The molecular weight excluding hydrogens is 318 g/mol. The van der Waals surface area contributed by atoms with Gasteiger partial charge in [-0.2, -0.15) is 16.9 Å². The fourth-order valence-electron chi connectivity index (χ4n) is 2.65. The standard InChI is InChI=1S/C16H25NO3S2/c1-2-3-12-20-15-7-9-16(10-8-15)22(18,19)17-11-5-4-6-14(17)13-21/h7-10,14,21H,2-6,11-13H2,1H3/t14-/m0/s1. The number of benzene rings is 1. The lowest BCUT2D eigenvalue weighted by atomic mass is 10.1. The van der Waals surface area contributed by atoms with Crippen molar-refractivity contribution in [3.05, 3.63) is 24.3 Å². The van der Waals surface area contributed by atoms with Gasteiger partial charge in [0.25, 0.3) is 0 Å². The third-order valence-corrected chi connectivity index (χ3v) is 6.37. The van der Waals surface area contributed by atoms with Gasteiger partial charge in [0.05, 0.1) is 11.5 Å². The predicted octanol–water partition coefficient (Wildman–Crippen LogP) is 3.34. The Balaban J connectivity index is 2.11. The maximum Gasteiger partial charge on any atom is 0.243 e. The van der Waals surface area contributed by atoms with Gasteiger partial charge in [-0.3, -0.25) is 0 Å². The summed E-state index contributed by atoms with van der Waals surface area (Å²) in [5, 5.41) is 0. The molecule has 2 rings (SSSR count). The summed E-state index contributed by atoms with van der Waals surface area (Å²) in [4.78, 5) is 0.337. The Labute approximate surface area is 139 Å².